The van der Waals surface area contributed by atoms with E-state index in [1.165, 1.54) is 0 Å². The van der Waals surface area contributed by atoms with Crippen LogP contribution >= 0.6 is 0 Å². The minimum atomic E-state index is -2.99. The summed E-state index contributed by atoms with van der Waals surface area (Å²) < 4.78 is 23.2. The van der Waals surface area contributed by atoms with Gasteiger partial charge in [0.2, 0.25) is 5.91 Å². The van der Waals surface area contributed by atoms with E-state index < -0.39 is 15.1 Å². The van der Waals surface area contributed by atoms with Crippen LogP contribution in [0.2, 0.25) is 0 Å². The van der Waals surface area contributed by atoms with Crippen molar-refractivity contribution in [3.8, 4) is 0 Å². The van der Waals surface area contributed by atoms with Gasteiger partial charge in [0.1, 0.15) is 0 Å². The van der Waals surface area contributed by atoms with Crippen LogP contribution in [0.4, 0.5) is 5.69 Å². The number of nitrogens with one attached hydrogen (secondary N) is 1. The first-order valence-electron chi connectivity index (χ1n) is 6.30. The fourth-order valence-electron chi connectivity index (χ4n) is 2.20. The van der Waals surface area contributed by atoms with Crippen molar-refractivity contribution in [3.63, 3.8) is 0 Å². The summed E-state index contributed by atoms with van der Waals surface area (Å²) in [5.41, 5.74) is 7.08. The number of hydrogen-bond acceptors (Lipinski definition) is 4. The number of benzene rings is 1. The van der Waals surface area contributed by atoms with Crippen molar-refractivity contribution < 1.29 is 13.2 Å². The van der Waals surface area contributed by atoms with Crippen LogP contribution in [0.1, 0.15) is 18.4 Å². The number of carbonyl (C=O) groups excluding carboxylic acids is 1. The molecule has 104 valence electrons. The van der Waals surface area contributed by atoms with Crippen molar-refractivity contribution in [3.05, 3.63) is 29.8 Å². The predicted octanol–water partition coefficient (Wildman–Crippen LogP) is 0.505. The van der Waals surface area contributed by atoms with Gasteiger partial charge in [-0.3, -0.25) is 4.79 Å². The maximum absolute atomic E-state index is 11.7. The summed E-state index contributed by atoms with van der Waals surface area (Å²) in [6, 6.07) is 7.07. The zero-order chi connectivity index (χ0) is 13.9. The van der Waals surface area contributed by atoms with Crippen molar-refractivity contribution in [2.75, 3.05) is 18.0 Å². The summed E-state index contributed by atoms with van der Waals surface area (Å²) in [5.74, 6) is 0.0813. The monoisotopic (exact) mass is 282 g/mol. The third-order valence-corrected chi connectivity index (χ3v) is 5.61. The van der Waals surface area contributed by atoms with Crippen LogP contribution in [0.25, 0.3) is 0 Å². The van der Waals surface area contributed by atoms with Gasteiger partial charge in [0, 0.05) is 12.2 Å². The molecule has 1 amide bonds. The van der Waals surface area contributed by atoms with Crippen LogP contribution in [0, 0.1) is 0 Å². The molecular formula is C13H18N2O3S. The number of nitrogen functional groups attached to an aromatic ring is 1. The minimum Gasteiger partial charge on any atom is -0.399 e. The van der Waals surface area contributed by atoms with Crippen LogP contribution in [0.3, 0.4) is 0 Å². The Balaban J connectivity index is 1.83. The molecule has 1 aliphatic heterocycles. The Morgan fingerprint density at radius 3 is 2.58 bits per heavy atom. The van der Waals surface area contributed by atoms with Gasteiger partial charge >= 0.3 is 0 Å². The molecule has 3 N–H and O–H groups in total. The number of amides is 1. The lowest BCUT2D eigenvalue weighted by molar-refractivity contribution is -0.120. The molecule has 0 aromatic heterocycles. The Bertz CT molecular complexity index is 552. The molecule has 1 unspecified atom stereocenters. The second kappa shape index (κ2) is 5.61. The first kappa shape index (κ1) is 13.9. The zero-order valence-electron chi connectivity index (χ0n) is 10.6. The average molecular weight is 282 g/mol. The molecule has 19 heavy (non-hydrogen) atoms. The van der Waals surface area contributed by atoms with Gasteiger partial charge in [-0.05, 0) is 30.5 Å². The van der Waals surface area contributed by atoms with E-state index in [-0.39, 0.29) is 24.6 Å². The molecule has 1 aromatic carbocycles. The summed E-state index contributed by atoms with van der Waals surface area (Å²) >= 11 is 0. The van der Waals surface area contributed by atoms with E-state index in [0.717, 1.165) is 5.56 Å². The van der Waals surface area contributed by atoms with Crippen LogP contribution < -0.4 is 11.1 Å². The molecule has 1 saturated heterocycles. The molecule has 1 aliphatic rings. The maximum atomic E-state index is 11.7. The second-order valence-corrected chi connectivity index (χ2v) is 7.25. The first-order valence-corrected chi connectivity index (χ1v) is 8.01. The van der Waals surface area contributed by atoms with Gasteiger partial charge < -0.3 is 11.1 Å². The Morgan fingerprint density at radius 1 is 1.32 bits per heavy atom. The number of sulfone groups is 1. The molecule has 1 heterocycles. The lowest BCUT2D eigenvalue weighted by Crippen LogP contribution is -2.35. The van der Waals surface area contributed by atoms with Crippen LogP contribution in [0.5, 0.6) is 0 Å². The molecule has 0 radical (unpaired) electrons. The molecule has 5 nitrogen and oxygen atoms in total. The van der Waals surface area contributed by atoms with Gasteiger partial charge in [0.25, 0.3) is 0 Å². The van der Waals surface area contributed by atoms with Crippen molar-refractivity contribution in [1.82, 2.24) is 5.32 Å². The molecule has 1 fully saturated rings. The van der Waals surface area contributed by atoms with E-state index in [2.05, 4.69) is 5.32 Å². The largest absolute Gasteiger partial charge is 0.399 e. The number of nitrogens with two attached hydrogens (primary N) is 1. The SMILES string of the molecule is Nc1ccc(CC(=O)NCC2CCCS2(=O)=O)cc1. The van der Waals surface area contributed by atoms with Crippen LogP contribution in [-0.4, -0.2) is 31.9 Å². The maximum Gasteiger partial charge on any atom is 0.224 e. The van der Waals surface area contributed by atoms with Crippen LogP contribution in [-0.2, 0) is 21.1 Å². The smallest absolute Gasteiger partial charge is 0.224 e. The second-order valence-electron chi connectivity index (χ2n) is 4.85. The van der Waals surface area contributed by atoms with E-state index in [1.807, 2.05) is 0 Å². The van der Waals surface area contributed by atoms with Gasteiger partial charge in [-0.1, -0.05) is 12.1 Å². The van der Waals surface area contributed by atoms with Gasteiger partial charge in [-0.2, -0.15) is 0 Å². The van der Waals surface area contributed by atoms with Gasteiger partial charge in [0.05, 0.1) is 17.4 Å². The first-order chi connectivity index (χ1) is 8.97. The molecule has 0 aliphatic carbocycles. The third kappa shape index (κ3) is 3.70. The van der Waals surface area contributed by atoms with E-state index in [4.69, 9.17) is 5.73 Å². The number of carbonyl (C=O) groups is 1. The molecule has 1 atom stereocenters. The summed E-state index contributed by atoms with van der Waals surface area (Å²) in [5, 5.41) is 2.28. The van der Waals surface area contributed by atoms with Crippen molar-refractivity contribution in [2.24, 2.45) is 0 Å². The number of anilines is 1. The van der Waals surface area contributed by atoms with Gasteiger partial charge in [0.15, 0.2) is 9.84 Å². The van der Waals surface area contributed by atoms with Crippen molar-refractivity contribution >= 4 is 21.4 Å². The highest BCUT2D eigenvalue weighted by Gasteiger charge is 2.31. The van der Waals surface area contributed by atoms with E-state index in [0.29, 0.717) is 18.5 Å². The Morgan fingerprint density at radius 2 is 2.00 bits per heavy atom. The van der Waals surface area contributed by atoms with E-state index in [9.17, 15) is 13.2 Å². The molecule has 6 heteroatoms. The average Bonchev–Trinajstić information content (AvgIpc) is 2.69. The summed E-state index contributed by atoms with van der Waals surface area (Å²) in [7, 11) is -2.99. The molecular weight excluding hydrogens is 264 g/mol. The Kier molecular flexibility index (Phi) is 4.09. The van der Waals surface area contributed by atoms with Crippen LogP contribution in [0.15, 0.2) is 24.3 Å². The molecule has 0 saturated carbocycles. The van der Waals surface area contributed by atoms with Gasteiger partial charge in [-0.25, -0.2) is 8.42 Å². The van der Waals surface area contributed by atoms with E-state index in [1.54, 1.807) is 24.3 Å². The normalized spacial score (nSPS) is 21.2. The number of rotatable bonds is 4. The molecule has 0 bridgehead atoms. The zero-order valence-corrected chi connectivity index (χ0v) is 11.4. The standard InChI is InChI=1S/C13H18N2O3S/c14-11-5-3-10(4-6-11)8-13(16)15-9-12-2-1-7-19(12,17)18/h3-6,12H,1-2,7-9,14H2,(H,15,16). The fourth-order valence-corrected chi connectivity index (χ4v) is 3.96. The molecule has 2 rings (SSSR count). The van der Waals surface area contributed by atoms with Crippen molar-refractivity contribution in [2.45, 2.75) is 24.5 Å². The Labute approximate surface area is 113 Å². The van der Waals surface area contributed by atoms with Gasteiger partial charge in [-0.15, -0.1) is 0 Å². The summed E-state index contributed by atoms with van der Waals surface area (Å²) in [4.78, 5) is 11.7. The highest BCUT2D eigenvalue weighted by Crippen LogP contribution is 2.19. The lowest BCUT2D eigenvalue weighted by atomic mass is 10.1. The highest BCUT2D eigenvalue weighted by molar-refractivity contribution is 7.92. The third-order valence-electron chi connectivity index (χ3n) is 3.33. The minimum absolute atomic E-state index is 0.160. The predicted molar refractivity (Wildman–Crippen MR) is 74.4 cm³/mol. The topological polar surface area (TPSA) is 89.3 Å². The summed E-state index contributed by atoms with van der Waals surface area (Å²) in [6.45, 7) is 0.218. The molecule has 1 aromatic rings. The quantitative estimate of drug-likeness (QED) is 0.787. The molecule has 0 spiro atoms. The Hall–Kier alpha value is -1.56. The summed E-state index contributed by atoms with van der Waals surface area (Å²) in [6.07, 6.45) is 1.58. The number of hydrogen-bond donors (Lipinski definition) is 2. The van der Waals surface area contributed by atoms with E-state index >= 15 is 0 Å². The lowest BCUT2D eigenvalue weighted by Gasteiger charge is -2.10. The fraction of sp³-hybridized carbons (Fsp3) is 0.462. The van der Waals surface area contributed by atoms with Crippen molar-refractivity contribution in [1.29, 1.82) is 0 Å². The highest BCUT2D eigenvalue weighted by atomic mass is 32.2.